The van der Waals surface area contributed by atoms with E-state index in [4.69, 9.17) is 19.9 Å². The Morgan fingerprint density at radius 1 is 0.471 bits per heavy atom. The summed E-state index contributed by atoms with van der Waals surface area (Å²) in [7, 11) is 0. The van der Waals surface area contributed by atoms with Gasteiger partial charge in [0.2, 0.25) is 5.78 Å². The lowest BCUT2D eigenvalue weighted by Crippen LogP contribution is -2.03. The fraction of sp³-hybridized carbons (Fsp3) is 0.370. The Hall–Kier alpha value is -4.77. The van der Waals surface area contributed by atoms with E-state index in [1.54, 1.807) is 0 Å². The van der Waals surface area contributed by atoms with Gasteiger partial charge in [-0.15, -0.1) is 0 Å². The second kappa shape index (κ2) is 16.1. The smallest absolute Gasteiger partial charge is 0.214 e. The van der Waals surface area contributed by atoms with Crippen LogP contribution in [-0.2, 0) is 12.8 Å². The van der Waals surface area contributed by atoms with Crippen molar-refractivity contribution in [3.63, 3.8) is 0 Å². The van der Waals surface area contributed by atoms with E-state index < -0.39 is 0 Å². The molecule has 0 unspecified atom stereocenters. The van der Waals surface area contributed by atoms with Gasteiger partial charge in [-0.2, -0.15) is 0 Å². The molecule has 51 heavy (non-hydrogen) atoms. The Bertz CT molecular complexity index is 2150. The predicted octanol–water partition coefficient (Wildman–Crippen LogP) is 12.2. The monoisotopic (exact) mass is 674 g/mol. The number of hydrogen-bond acceptors (Lipinski definition) is 5. The summed E-state index contributed by atoms with van der Waals surface area (Å²) in [5.41, 5.74) is 13.0. The van der Waals surface area contributed by atoms with Crippen molar-refractivity contribution in [2.24, 2.45) is 0 Å². The molecule has 0 saturated carbocycles. The third kappa shape index (κ3) is 7.49. The van der Waals surface area contributed by atoms with Gasteiger partial charge in [0.15, 0.2) is 0 Å². The quantitative estimate of drug-likeness (QED) is 0.0754. The zero-order valence-corrected chi connectivity index (χ0v) is 30.6. The predicted molar refractivity (Wildman–Crippen MR) is 211 cm³/mol. The lowest BCUT2D eigenvalue weighted by atomic mass is 9.98. The minimum Gasteiger partial charge on any atom is -0.287 e. The van der Waals surface area contributed by atoms with Crippen molar-refractivity contribution in [2.75, 3.05) is 0 Å². The minimum absolute atomic E-state index is 0.0733. The number of fused-ring (bicyclic) bond motifs is 5. The Morgan fingerprint density at radius 3 is 1.47 bits per heavy atom. The van der Waals surface area contributed by atoms with Gasteiger partial charge in [0.1, 0.15) is 11.4 Å². The zero-order valence-electron chi connectivity index (χ0n) is 30.6. The summed E-state index contributed by atoms with van der Waals surface area (Å²) in [6.45, 7) is 6.58. The highest BCUT2D eigenvalue weighted by Crippen LogP contribution is 2.38. The fourth-order valence-electron chi connectivity index (χ4n) is 7.53. The maximum Gasteiger partial charge on any atom is 0.214 e. The van der Waals surface area contributed by atoms with Crippen LogP contribution in [0.4, 0.5) is 0 Å². The second-order valence-corrected chi connectivity index (χ2v) is 14.4. The molecular formula is C46H50N4O. The number of nitrogens with zero attached hydrogens (tertiary/aromatic N) is 4. The van der Waals surface area contributed by atoms with E-state index in [9.17, 15) is 4.79 Å². The molecule has 260 valence electrons. The van der Waals surface area contributed by atoms with E-state index in [0.717, 1.165) is 63.0 Å². The van der Waals surface area contributed by atoms with E-state index in [0.29, 0.717) is 22.5 Å². The van der Waals surface area contributed by atoms with Crippen molar-refractivity contribution in [3.05, 3.63) is 107 Å². The van der Waals surface area contributed by atoms with Crippen LogP contribution in [0.2, 0.25) is 0 Å². The van der Waals surface area contributed by atoms with E-state index >= 15 is 0 Å². The normalized spacial score (nSPS) is 12.2. The standard InChI is InChI=1S/C46H50N4O/c1-4-6-8-10-12-14-18-32-22-26-34(27-23-32)42-43(35-28-24-33(25-29-35)19-15-13-11-9-7-5-2)49-40-31(3)41-39(30-38(40)47-42)48-45-44(50-41)36-20-16-17-21-37(36)46(45)51/h16-17,20-30H,4-15,18-19H2,1-3H3. The molecule has 0 fully saturated rings. The molecule has 5 nitrogen and oxygen atoms in total. The van der Waals surface area contributed by atoms with Gasteiger partial charge in [0.25, 0.3) is 0 Å². The zero-order chi connectivity index (χ0) is 35.2. The van der Waals surface area contributed by atoms with Gasteiger partial charge in [0, 0.05) is 27.8 Å². The van der Waals surface area contributed by atoms with Gasteiger partial charge < -0.3 is 0 Å². The van der Waals surface area contributed by atoms with E-state index in [-0.39, 0.29) is 5.78 Å². The van der Waals surface area contributed by atoms with Crippen LogP contribution in [-0.4, -0.2) is 25.7 Å². The molecule has 2 heterocycles. The molecule has 0 bridgehead atoms. The third-order valence-electron chi connectivity index (χ3n) is 10.6. The second-order valence-electron chi connectivity index (χ2n) is 14.4. The number of ketones is 1. The lowest BCUT2D eigenvalue weighted by molar-refractivity contribution is 0.103. The number of carbonyl (C=O) groups excluding carboxylic acids is 1. The van der Waals surface area contributed by atoms with Crippen LogP contribution in [0.3, 0.4) is 0 Å². The number of benzene rings is 4. The average molecular weight is 675 g/mol. The Labute approximate surface area is 303 Å². The summed E-state index contributed by atoms with van der Waals surface area (Å²) >= 11 is 0. The highest BCUT2D eigenvalue weighted by Gasteiger charge is 2.30. The molecular weight excluding hydrogens is 625 g/mol. The molecule has 0 spiro atoms. The minimum atomic E-state index is -0.0733. The first-order valence-corrected chi connectivity index (χ1v) is 19.4. The molecule has 0 amide bonds. The van der Waals surface area contributed by atoms with Crippen molar-refractivity contribution >= 4 is 27.9 Å². The maximum absolute atomic E-state index is 13.3. The van der Waals surface area contributed by atoms with Crippen LogP contribution in [0.5, 0.6) is 0 Å². The molecule has 2 aromatic heterocycles. The molecule has 0 radical (unpaired) electrons. The molecule has 0 atom stereocenters. The number of rotatable bonds is 16. The lowest BCUT2D eigenvalue weighted by Gasteiger charge is -2.14. The molecule has 1 aliphatic rings. The highest BCUT2D eigenvalue weighted by atomic mass is 16.1. The average Bonchev–Trinajstić information content (AvgIpc) is 3.44. The number of unbranched alkanes of at least 4 members (excludes halogenated alkanes) is 10. The van der Waals surface area contributed by atoms with E-state index in [1.807, 2.05) is 37.3 Å². The fourth-order valence-corrected chi connectivity index (χ4v) is 7.53. The third-order valence-corrected chi connectivity index (χ3v) is 10.6. The number of carbonyl (C=O) groups is 1. The topological polar surface area (TPSA) is 68.6 Å². The molecule has 7 rings (SSSR count). The summed E-state index contributed by atoms with van der Waals surface area (Å²) in [5.74, 6) is -0.0733. The van der Waals surface area contributed by atoms with E-state index in [1.165, 1.54) is 88.2 Å². The van der Waals surface area contributed by atoms with Gasteiger partial charge in [-0.05, 0) is 49.8 Å². The van der Waals surface area contributed by atoms with Crippen LogP contribution in [0.25, 0.3) is 55.8 Å². The molecule has 6 aromatic rings. The van der Waals surface area contributed by atoms with Gasteiger partial charge in [-0.3, -0.25) is 4.79 Å². The molecule has 1 aliphatic carbocycles. The number of aryl methyl sites for hydroxylation is 3. The first-order chi connectivity index (χ1) is 25.1. The van der Waals surface area contributed by atoms with E-state index in [2.05, 4.69) is 62.4 Å². The molecule has 0 saturated heterocycles. The van der Waals surface area contributed by atoms with Gasteiger partial charge >= 0.3 is 0 Å². The number of hydrogen-bond donors (Lipinski definition) is 0. The Kier molecular flexibility index (Phi) is 10.9. The van der Waals surface area contributed by atoms with Crippen molar-refractivity contribution < 1.29 is 4.79 Å². The van der Waals surface area contributed by atoms with Crippen LogP contribution in [0.1, 0.15) is 124 Å². The van der Waals surface area contributed by atoms with Crippen molar-refractivity contribution in [1.82, 2.24) is 19.9 Å². The highest BCUT2D eigenvalue weighted by molar-refractivity contribution is 6.20. The Morgan fingerprint density at radius 2 is 0.922 bits per heavy atom. The molecule has 4 aromatic carbocycles. The summed E-state index contributed by atoms with van der Waals surface area (Å²) in [6, 6.07) is 27.5. The summed E-state index contributed by atoms with van der Waals surface area (Å²) < 4.78 is 0. The van der Waals surface area contributed by atoms with Crippen LogP contribution in [0, 0.1) is 6.92 Å². The molecule has 5 heteroatoms. The summed E-state index contributed by atoms with van der Waals surface area (Å²) in [6.07, 6.45) is 17.8. The number of aromatic nitrogens is 4. The molecule has 0 N–H and O–H groups in total. The van der Waals surface area contributed by atoms with Crippen LogP contribution < -0.4 is 0 Å². The SMILES string of the molecule is CCCCCCCCc1ccc(-c2nc3cc4nc5c(nc4c(C)c3nc2-c2ccc(CCCCCCCC)cc2)-c2ccccc2C5=O)cc1. The van der Waals surface area contributed by atoms with Crippen LogP contribution >= 0.6 is 0 Å². The van der Waals surface area contributed by atoms with Crippen molar-refractivity contribution in [1.29, 1.82) is 0 Å². The summed E-state index contributed by atoms with van der Waals surface area (Å²) in [4.78, 5) is 33.9. The largest absolute Gasteiger partial charge is 0.287 e. The van der Waals surface area contributed by atoms with Gasteiger partial charge in [-0.1, -0.05) is 151 Å². The maximum atomic E-state index is 13.3. The van der Waals surface area contributed by atoms with Crippen molar-refractivity contribution in [3.8, 4) is 33.8 Å². The van der Waals surface area contributed by atoms with Crippen molar-refractivity contribution in [2.45, 2.75) is 111 Å². The Balaban J connectivity index is 1.24. The first kappa shape index (κ1) is 34.7. The van der Waals surface area contributed by atoms with Gasteiger partial charge in [-0.25, -0.2) is 19.9 Å². The molecule has 0 aliphatic heterocycles. The van der Waals surface area contributed by atoms with Gasteiger partial charge in [0.05, 0.1) is 33.5 Å². The summed E-state index contributed by atoms with van der Waals surface area (Å²) in [5, 5.41) is 0. The van der Waals surface area contributed by atoms with Crippen LogP contribution in [0.15, 0.2) is 78.9 Å². The first-order valence-electron chi connectivity index (χ1n) is 19.4.